The molecule has 0 spiro atoms. The van der Waals surface area contributed by atoms with Crippen molar-refractivity contribution in [2.45, 2.75) is 18.7 Å². The molecule has 1 N–H and O–H groups in total. The van der Waals surface area contributed by atoms with Crippen LogP contribution in [0.25, 0.3) is 0 Å². The van der Waals surface area contributed by atoms with Crippen LogP contribution in [0.15, 0.2) is 48.5 Å². The van der Waals surface area contributed by atoms with Gasteiger partial charge in [-0.3, -0.25) is 4.79 Å². The largest absolute Gasteiger partial charge is 0.346 e. The van der Waals surface area contributed by atoms with Gasteiger partial charge in [-0.25, -0.2) is 8.42 Å². The Kier molecular flexibility index (Phi) is 5.44. The molecule has 0 aromatic heterocycles. The summed E-state index contributed by atoms with van der Waals surface area (Å²) in [6.45, 7) is 1.89. The molecule has 0 aliphatic heterocycles. The third kappa shape index (κ3) is 5.37. The molecule has 2 aromatic rings. The van der Waals surface area contributed by atoms with Gasteiger partial charge in [0.1, 0.15) is 0 Å². The minimum Gasteiger partial charge on any atom is -0.346 e. The van der Waals surface area contributed by atoms with E-state index in [9.17, 15) is 13.2 Å². The molecule has 0 saturated carbocycles. The number of sulfone groups is 1. The molecule has 4 nitrogen and oxygen atoms in total. The lowest BCUT2D eigenvalue weighted by Crippen LogP contribution is -2.26. The number of halogens is 1. The quantitative estimate of drug-likeness (QED) is 0.898. The SMILES string of the molecule is C[C@@H](NC(=O)c1ccc(CS(C)(=O)=O)cc1)c1ccc(Cl)cc1. The number of benzene rings is 2. The molecule has 1 amide bonds. The summed E-state index contributed by atoms with van der Waals surface area (Å²) in [4.78, 5) is 12.2. The van der Waals surface area contributed by atoms with Gasteiger partial charge in [-0.15, -0.1) is 0 Å². The number of nitrogens with one attached hydrogen (secondary N) is 1. The normalized spacial score (nSPS) is 12.7. The fourth-order valence-corrected chi connectivity index (χ4v) is 3.09. The molecule has 122 valence electrons. The summed E-state index contributed by atoms with van der Waals surface area (Å²) >= 11 is 5.85. The fraction of sp³-hybridized carbons (Fsp3) is 0.235. The number of rotatable bonds is 5. The van der Waals surface area contributed by atoms with E-state index in [4.69, 9.17) is 11.6 Å². The highest BCUT2D eigenvalue weighted by atomic mass is 35.5. The third-order valence-corrected chi connectivity index (χ3v) is 4.47. The van der Waals surface area contributed by atoms with Gasteiger partial charge in [0.05, 0.1) is 11.8 Å². The second kappa shape index (κ2) is 7.15. The molecule has 0 unspecified atom stereocenters. The number of carbonyl (C=O) groups excluding carboxylic acids is 1. The lowest BCUT2D eigenvalue weighted by atomic mass is 10.1. The Bertz CT molecular complexity index is 784. The first-order valence-electron chi connectivity index (χ1n) is 7.07. The second-order valence-electron chi connectivity index (χ2n) is 5.51. The maximum absolute atomic E-state index is 12.2. The fourth-order valence-electron chi connectivity index (χ4n) is 2.17. The predicted molar refractivity (Wildman–Crippen MR) is 92.3 cm³/mol. The summed E-state index contributed by atoms with van der Waals surface area (Å²) in [6.07, 6.45) is 1.18. The van der Waals surface area contributed by atoms with Crippen molar-refractivity contribution in [1.29, 1.82) is 0 Å². The van der Waals surface area contributed by atoms with E-state index in [1.54, 1.807) is 36.4 Å². The van der Waals surface area contributed by atoms with E-state index in [0.717, 1.165) is 5.56 Å². The molecule has 6 heteroatoms. The Balaban J connectivity index is 2.04. The van der Waals surface area contributed by atoms with Crippen LogP contribution in [0.2, 0.25) is 5.02 Å². The number of hydrogen-bond acceptors (Lipinski definition) is 3. The summed E-state index contributed by atoms with van der Waals surface area (Å²) in [5.74, 6) is -0.242. The van der Waals surface area contributed by atoms with Crippen molar-refractivity contribution in [2.75, 3.05) is 6.26 Å². The maximum Gasteiger partial charge on any atom is 0.251 e. The zero-order valence-corrected chi connectivity index (χ0v) is 14.5. The van der Waals surface area contributed by atoms with Crippen molar-refractivity contribution in [1.82, 2.24) is 5.32 Å². The molecule has 1 atom stereocenters. The van der Waals surface area contributed by atoms with Crippen LogP contribution in [-0.2, 0) is 15.6 Å². The first kappa shape index (κ1) is 17.5. The Morgan fingerprint density at radius 2 is 1.65 bits per heavy atom. The first-order chi connectivity index (χ1) is 10.7. The molecule has 0 bridgehead atoms. The molecule has 0 aliphatic rings. The van der Waals surface area contributed by atoms with Crippen LogP contribution >= 0.6 is 11.6 Å². The Hall–Kier alpha value is -1.85. The smallest absolute Gasteiger partial charge is 0.251 e. The molecule has 2 rings (SSSR count). The molecule has 0 radical (unpaired) electrons. The zero-order chi connectivity index (χ0) is 17.0. The molecular formula is C17H18ClNO3S. The zero-order valence-electron chi connectivity index (χ0n) is 12.9. The average Bonchev–Trinajstić information content (AvgIpc) is 2.46. The Morgan fingerprint density at radius 3 is 2.17 bits per heavy atom. The topological polar surface area (TPSA) is 63.2 Å². The minimum absolute atomic E-state index is 0.0317. The van der Waals surface area contributed by atoms with E-state index >= 15 is 0 Å². The van der Waals surface area contributed by atoms with Crippen LogP contribution in [0.3, 0.4) is 0 Å². The summed E-state index contributed by atoms with van der Waals surface area (Å²) < 4.78 is 22.5. The molecule has 23 heavy (non-hydrogen) atoms. The summed E-state index contributed by atoms with van der Waals surface area (Å²) in [5, 5.41) is 3.55. The minimum atomic E-state index is -3.08. The highest BCUT2D eigenvalue weighted by Gasteiger charge is 2.12. The van der Waals surface area contributed by atoms with Crippen LogP contribution in [0.4, 0.5) is 0 Å². The Labute approximate surface area is 141 Å². The van der Waals surface area contributed by atoms with Crippen molar-refractivity contribution in [3.8, 4) is 0 Å². The number of carbonyl (C=O) groups is 1. The summed E-state index contributed by atoms with van der Waals surface area (Å²) in [7, 11) is -3.08. The summed E-state index contributed by atoms with van der Waals surface area (Å²) in [5.41, 5.74) is 2.11. The van der Waals surface area contributed by atoms with Crippen molar-refractivity contribution in [3.63, 3.8) is 0 Å². The van der Waals surface area contributed by atoms with Crippen LogP contribution in [0.1, 0.15) is 34.5 Å². The highest BCUT2D eigenvalue weighted by molar-refractivity contribution is 7.89. The van der Waals surface area contributed by atoms with Crippen LogP contribution < -0.4 is 5.32 Å². The van der Waals surface area contributed by atoms with Crippen LogP contribution in [0, 0.1) is 0 Å². The molecule has 0 fully saturated rings. The van der Waals surface area contributed by atoms with E-state index in [1.807, 2.05) is 19.1 Å². The van der Waals surface area contributed by atoms with Gasteiger partial charge in [-0.05, 0) is 42.3 Å². The van der Waals surface area contributed by atoms with E-state index in [1.165, 1.54) is 6.26 Å². The standard InChI is InChI=1S/C17H18ClNO3S/c1-12(14-7-9-16(18)10-8-14)19-17(20)15-5-3-13(4-6-15)11-23(2,21)22/h3-10,12H,11H2,1-2H3,(H,19,20)/t12-/m1/s1. The molecule has 0 saturated heterocycles. The number of hydrogen-bond donors (Lipinski definition) is 1. The van der Waals surface area contributed by atoms with Gasteiger partial charge < -0.3 is 5.32 Å². The van der Waals surface area contributed by atoms with E-state index in [2.05, 4.69) is 5.32 Å². The van der Waals surface area contributed by atoms with Gasteiger partial charge in [-0.1, -0.05) is 35.9 Å². The third-order valence-electron chi connectivity index (χ3n) is 3.36. The number of amides is 1. The van der Waals surface area contributed by atoms with E-state index < -0.39 is 9.84 Å². The van der Waals surface area contributed by atoms with Gasteiger partial charge in [0.25, 0.3) is 5.91 Å². The predicted octanol–water partition coefficient (Wildman–Crippen LogP) is 3.38. The summed E-state index contributed by atoms with van der Waals surface area (Å²) in [6, 6.07) is 13.7. The lowest BCUT2D eigenvalue weighted by molar-refractivity contribution is 0.0940. The van der Waals surface area contributed by atoms with Crippen LogP contribution in [0.5, 0.6) is 0 Å². The van der Waals surface area contributed by atoms with Crippen molar-refractivity contribution in [2.24, 2.45) is 0 Å². The lowest BCUT2D eigenvalue weighted by Gasteiger charge is -2.14. The molecule has 2 aromatic carbocycles. The van der Waals surface area contributed by atoms with Gasteiger partial charge in [0.2, 0.25) is 0 Å². The van der Waals surface area contributed by atoms with E-state index in [-0.39, 0.29) is 17.7 Å². The Morgan fingerprint density at radius 1 is 1.09 bits per heavy atom. The maximum atomic E-state index is 12.2. The van der Waals surface area contributed by atoms with Gasteiger partial charge in [-0.2, -0.15) is 0 Å². The van der Waals surface area contributed by atoms with Crippen molar-refractivity contribution in [3.05, 3.63) is 70.2 Å². The monoisotopic (exact) mass is 351 g/mol. The average molecular weight is 352 g/mol. The molecule has 0 aliphatic carbocycles. The molecular weight excluding hydrogens is 334 g/mol. The van der Waals surface area contributed by atoms with Gasteiger partial charge in [0, 0.05) is 16.8 Å². The van der Waals surface area contributed by atoms with Crippen molar-refractivity contribution < 1.29 is 13.2 Å². The second-order valence-corrected chi connectivity index (χ2v) is 8.09. The van der Waals surface area contributed by atoms with Crippen molar-refractivity contribution >= 4 is 27.3 Å². The molecule has 0 heterocycles. The van der Waals surface area contributed by atoms with Gasteiger partial charge >= 0.3 is 0 Å². The van der Waals surface area contributed by atoms with E-state index in [0.29, 0.717) is 16.1 Å². The first-order valence-corrected chi connectivity index (χ1v) is 9.51. The van der Waals surface area contributed by atoms with Gasteiger partial charge in [0.15, 0.2) is 9.84 Å². The highest BCUT2D eigenvalue weighted by Crippen LogP contribution is 2.17. The van der Waals surface area contributed by atoms with Crippen LogP contribution in [-0.4, -0.2) is 20.6 Å².